The molecule has 0 spiro atoms. The van der Waals surface area contributed by atoms with E-state index >= 15 is 0 Å². The number of ether oxygens (including phenoxy) is 2. The molecule has 0 aliphatic heterocycles. The van der Waals surface area contributed by atoms with Gasteiger partial charge in [-0.3, -0.25) is 20.2 Å². The minimum absolute atomic E-state index is 0.0736. The van der Waals surface area contributed by atoms with Crippen molar-refractivity contribution in [2.45, 2.75) is 78.4 Å². The predicted octanol–water partition coefficient (Wildman–Crippen LogP) is 8.38. The molecular weight excluding hydrogens is 511 g/mol. The van der Waals surface area contributed by atoms with Crippen LogP contribution in [-0.4, -0.2) is 16.0 Å². The zero-order valence-electron chi connectivity index (χ0n) is 21.5. The largest absolute Gasteiger partial charge is 0.509 e. The van der Waals surface area contributed by atoms with Crippen LogP contribution < -0.4 is 0 Å². The summed E-state index contributed by atoms with van der Waals surface area (Å²) in [4.78, 5) is 34.3. The Kier molecular flexibility index (Phi) is 8.63. The Labute approximate surface area is 220 Å². The fourth-order valence-electron chi connectivity index (χ4n) is 3.85. The Morgan fingerprint density at radius 3 is 1.31 bits per heavy atom. The van der Waals surface area contributed by atoms with E-state index in [0.717, 1.165) is 0 Å². The number of rotatable bonds is 6. The van der Waals surface area contributed by atoms with Crippen LogP contribution in [-0.2, 0) is 20.3 Å². The summed E-state index contributed by atoms with van der Waals surface area (Å²) in [6.07, 6.45) is -2.65. The summed E-state index contributed by atoms with van der Waals surface area (Å²) in [5.41, 5.74) is 0.742. The standard InChI is InChI=1S/C25H30Cl2N2O7/c1-13(15-9-19(26)21(28(31)32)11-17(15)24(3,4)5)35-23(30)36-14(2)16-10-20(27)22(29(33)34)12-18(16)25(6,7)8/h9-14H,1-8H3. The molecule has 0 radical (unpaired) electrons. The van der Waals surface area contributed by atoms with Crippen LogP contribution in [0.3, 0.4) is 0 Å². The maximum atomic E-state index is 12.7. The monoisotopic (exact) mass is 540 g/mol. The first-order chi connectivity index (χ1) is 16.3. The molecule has 0 aliphatic carbocycles. The zero-order valence-corrected chi connectivity index (χ0v) is 23.0. The molecule has 0 aliphatic rings. The van der Waals surface area contributed by atoms with Gasteiger partial charge < -0.3 is 9.47 Å². The van der Waals surface area contributed by atoms with Crippen molar-refractivity contribution in [3.05, 3.63) is 76.8 Å². The zero-order chi connectivity index (χ0) is 27.7. The lowest BCUT2D eigenvalue weighted by Crippen LogP contribution is -2.21. The number of halogens is 2. The Balaban J connectivity index is 2.36. The Bertz CT molecular complexity index is 1110. The van der Waals surface area contributed by atoms with Crippen LogP contribution in [0, 0.1) is 20.2 Å². The molecule has 0 heterocycles. The van der Waals surface area contributed by atoms with Gasteiger partial charge in [0.2, 0.25) is 0 Å². The molecule has 196 valence electrons. The van der Waals surface area contributed by atoms with Crippen molar-refractivity contribution in [3.8, 4) is 0 Å². The lowest BCUT2D eigenvalue weighted by atomic mass is 9.82. The second-order valence-corrected chi connectivity index (χ2v) is 11.4. The molecule has 2 aromatic carbocycles. The number of nitrogens with zero attached hydrogens (tertiary/aromatic N) is 2. The van der Waals surface area contributed by atoms with Crippen molar-refractivity contribution in [3.63, 3.8) is 0 Å². The predicted molar refractivity (Wildman–Crippen MR) is 138 cm³/mol. The molecule has 2 unspecified atom stereocenters. The summed E-state index contributed by atoms with van der Waals surface area (Å²) in [6, 6.07) is 5.63. The minimum Gasteiger partial charge on any atom is -0.426 e. The number of benzene rings is 2. The van der Waals surface area contributed by atoms with Gasteiger partial charge in [0.05, 0.1) is 9.85 Å². The molecule has 2 atom stereocenters. The second kappa shape index (κ2) is 10.6. The fourth-order valence-corrected chi connectivity index (χ4v) is 4.33. The van der Waals surface area contributed by atoms with E-state index in [1.807, 2.05) is 41.5 Å². The highest BCUT2D eigenvalue weighted by Crippen LogP contribution is 2.40. The van der Waals surface area contributed by atoms with Gasteiger partial charge in [0.25, 0.3) is 11.4 Å². The third-order valence-corrected chi connectivity index (χ3v) is 6.27. The number of carbonyl (C=O) groups is 1. The van der Waals surface area contributed by atoms with Crippen molar-refractivity contribution in [2.75, 3.05) is 0 Å². The molecule has 9 nitrogen and oxygen atoms in total. The number of nitro benzene ring substituents is 2. The van der Waals surface area contributed by atoms with Crippen LogP contribution in [0.25, 0.3) is 0 Å². The highest BCUT2D eigenvalue weighted by Gasteiger charge is 2.31. The topological polar surface area (TPSA) is 122 Å². The summed E-state index contributed by atoms with van der Waals surface area (Å²) in [5.74, 6) is 0. The summed E-state index contributed by atoms with van der Waals surface area (Å²) in [6.45, 7) is 14.5. The van der Waals surface area contributed by atoms with Crippen LogP contribution >= 0.6 is 23.2 Å². The Morgan fingerprint density at radius 2 is 1.06 bits per heavy atom. The van der Waals surface area contributed by atoms with Crippen molar-refractivity contribution >= 4 is 40.7 Å². The molecular formula is C25H30Cl2N2O7. The summed E-state index contributed by atoms with van der Waals surface area (Å²) >= 11 is 12.3. The smallest absolute Gasteiger partial charge is 0.426 e. The van der Waals surface area contributed by atoms with E-state index in [9.17, 15) is 25.0 Å². The first-order valence-electron chi connectivity index (χ1n) is 11.2. The van der Waals surface area contributed by atoms with Crippen molar-refractivity contribution in [1.29, 1.82) is 0 Å². The molecule has 0 N–H and O–H groups in total. The normalized spacial score (nSPS) is 13.6. The van der Waals surface area contributed by atoms with E-state index in [4.69, 9.17) is 32.7 Å². The summed E-state index contributed by atoms with van der Waals surface area (Å²) < 4.78 is 11.0. The average molecular weight is 541 g/mol. The lowest BCUT2D eigenvalue weighted by molar-refractivity contribution is -0.385. The van der Waals surface area contributed by atoms with E-state index in [2.05, 4.69) is 0 Å². The quantitative estimate of drug-likeness (QED) is 0.204. The van der Waals surface area contributed by atoms with E-state index in [0.29, 0.717) is 22.3 Å². The van der Waals surface area contributed by atoms with Gasteiger partial charge in [-0.05, 0) is 59.1 Å². The van der Waals surface area contributed by atoms with Gasteiger partial charge in [-0.25, -0.2) is 4.79 Å². The van der Waals surface area contributed by atoms with E-state index in [-0.39, 0.29) is 21.4 Å². The van der Waals surface area contributed by atoms with Crippen LogP contribution in [0.4, 0.5) is 16.2 Å². The summed E-state index contributed by atoms with van der Waals surface area (Å²) in [7, 11) is 0. The van der Waals surface area contributed by atoms with Crippen LogP contribution in [0.5, 0.6) is 0 Å². The maximum Gasteiger partial charge on any atom is 0.509 e. The van der Waals surface area contributed by atoms with Gasteiger partial charge in [-0.1, -0.05) is 64.7 Å². The molecule has 2 rings (SSSR count). The molecule has 0 saturated carbocycles. The average Bonchev–Trinajstić information content (AvgIpc) is 2.70. The maximum absolute atomic E-state index is 12.7. The van der Waals surface area contributed by atoms with Crippen LogP contribution in [0.2, 0.25) is 10.0 Å². The second-order valence-electron chi connectivity index (χ2n) is 10.6. The van der Waals surface area contributed by atoms with Crippen molar-refractivity contribution in [2.24, 2.45) is 0 Å². The molecule has 11 heteroatoms. The molecule has 0 saturated heterocycles. The summed E-state index contributed by atoms with van der Waals surface area (Å²) in [5, 5.41) is 22.6. The molecule has 2 aromatic rings. The molecule has 0 amide bonds. The third-order valence-electron chi connectivity index (χ3n) is 5.67. The van der Waals surface area contributed by atoms with Gasteiger partial charge in [0.15, 0.2) is 0 Å². The number of hydrogen-bond donors (Lipinski definition) is 0. The van der Waals surface area contributed by atoms with E-state index in [1.165, 1.54) is 24.3 Å². The lowest BCUT2D eigenvalue weighted by Gasteiger charge is -2.27. The van der Waals surface area contributed by atoms with Gasteiger partial charge in [0, 0.05) is 12.1 Å². The number of carbonyl (C=O) groups excluding carboxylic acids is 1. The third kappa shape index (κ3) is 6.64. The SMILES string of the molecule is CC(OC(=O)OC(C)c1cc(Cl)c([N+](=O)[O-])cc1C(C)(C)C)c1cc(Cl)c([N+](=O)[O-])cc1C(C)(C)C. The van der Waals surface area contributed by atoms with Gasteiger partial charge in [-0.15, -0.1) is 0 Å². The van der Waals surface area contributed by atoms with Gasteiger partial charge >= 0.3 is 6.16 Å². The molecule has 0 bridgehead atoms. The van der Waals surface area contributed by atoms with E-state index in [1.54, 1.807) is 13.8 Å². The van der Waals surface area contributed by atoms with Crippen molar-refractivity contribution in [1.82, 2.24) is 0 Å². The first kappa shape index (κ1) is 29.3. The molecule has 0 aromatic heterocycles. The highest BCUT2D eigenvalue weighted by atomic mass is 35.5. The number of hydrogen-bond acceptors (Lipinski definition) is 7. The van der Waals surface area contributed by atoms with Gasteiger partial charge in [-0.2, -0.15) is 0 Å². The highest BCUT2D eigenvalue weighted by molar-refractivity contribution is 6.33. The molecule has 0 fully saturated rings. The Morgan fingerprint density at radius 1 is 0.750 bits per heavy atom. The fraction of sp³-hybridized carbons (Fsp3) is 0.480. The van der Waals surface area contributed by atoms with Gasteiger partial charge in [0.1, 0.15) is 22.3 Å². The number of nitro groups is 2. The van der Waals surface area contributed by atoms with Crippen LogP contribution in [0.15, 0.2) is 24.3 Å². The molecule has 36 heavy (non-hydrogen) atoms. The first-order valence-corrected chi connectivity index (χ1v) is 11.9. The Hall–Kier alpha value is -2.91. The van der Waals surface area contributed by atoms with Crippen molar-refractivity contribution < 1.29 is 24.1 Å². The van der Waals surface area contributed by atoms with E-state index < -0.39 is 39.0 Å². The van der Waals surface area contributed by atoms with Crippen LogP contribution in [0.1, 0.15) is 89.9 Å². The minimum atomic E-state index is -0.987.